The molecule has 0 fully saturated rings. The van der Waals surface area contributed by atoms with Crippen LogP contribution in [0, 0.1) is 0 Å². The van der Waals surface area contributed by atoms with Gasteiger partial charge in [0.25, 0.3) is 5.91 Å². The number of nitrogens with zero attached hydrogens (tertiary/aromatic N) is 2. The van der Waals surface area contributed by atoms with Gasteiger partial charge in [-0.1, -0.05) is 29.8 Å². The maximum absolute atomic E-state index is 13.7. The van der Waals surface area contributed by atoms with Crippen LogP contribution >= 0.6 is 11.6 Å². The summed E-state index contributed by atoms with van der Waals surface area (Å²) in [6.07, 6.45) is -4.42. The Morgan fingerprint density at radius 1 is 1.03 bits per heavy atom. The molecule has 0 aromatic heterocycles. The average Bonchev–Trinajstić information content (AvgIpc) is 3.24. The van der Waals surface area contributed by atoms with Crippen molar-refractivity contribution in [1.82, 2.24) is 0 Å². The molecule has 1 aliphatic rings. The van der Waals surface area contributed by atoms with Crippen LogP contribution in [0.15, 0.2) is 65.7 Å². The lowest BCUT2D eigenvalue weighted by Gasteiger charge is -2.20. The van der Waals surface area contributed by atoms with Crippen LogP contribution in [0.5, 0.6) is 17.2 Å². The number of hydrogen-bond donors (Lipinski definition) is 1. The molecule has 0 unspecified atom stereocenters. The SMILES string of the molecule is COc1cc(/N=C(/C(=O)N2CCc3ccc(OC(F)(F)F)cc32)c2ccc(Cl)cc2)cc(OO)c1. The van der Waals surface area contributed by atoms with Gasteiger partial charge in [-0.15, -0.1) is 13.2 Å². The number of alkyl halides is 3. The molecule has 0 aliphatic carbocycles. The summed E-state index contributed by atoms with van der Waals surface area (Å²) in [5.74, 6) is -0.631. The Kier molecular flexibility index (Phi) is 6.86. The fourth-order valence-electron chi connectivity index (χ4n) is 3.66. The molecular weight excluding hydrogens is 489 g/mol. The number of amides is 1. The van der Waals surface area contributed by atoms with Gasteiger partial charge in [0.2, 0.25) is 0 Å². The average molecular weight is 507 g/mol. The zero-order valence-corrected chi connectivity index (χ0v) is 18.9. The van der Waals surface area contributed by atoms with Crippen molar-refractivity contribution in [2.24, 2.45) is 4.99 Å². The van der Waals surface area contributed by atoms with Crippen LogP contribution in [-0.4, -0.2) is 36.9 Å². The second-order valence-electron chi connectivity index (χ2n) is 7.47. The predicted molar refractivity (Wildman–Crippen MR) is 123 cm³/mol. The smallest absolute Gasteiger partial charge is 0.497 e. The van der Waals surface area contributed by atoms with Crippen LogP contribution in [0.1, 0.15) is 11.1 Å². The van der Waals surface area contributed by atoms with Crippen molar-refractivity contribution in [1.29, 1.82) is 0 Å². The Morgan fingerprint density at radius 2 is 1.74 bits per heavy atom. The number of benzene rings is 3. The maximum Gasteiger partial charge on any atom is 0.573 e. The highest BCUT2D eigenvalue weighted by Gasteiger charge is 2.33. The number of carbonyl (C=O) groups excluding carboxylic acids is 1. The molecule has 3 aromatic carbocycles. The fraction of sp³-hybridized carbons (Fsp3) is 0.167. The Labute approximate surface area is 202 Å². The molecule has 35 heavy (non-hydrogen) atoms. The van der Waals surface area contributed by atoms with E-state index in [0.717, 1.165) is 0 Å². The molecule has 1 N–H and O–H groups in total. The number of aliphatic imine (C=N–C) groups is 1. The first-order valence-electron chi connectivity index (χ1n) is 10.2. The maximum atomic E-state index is 13.7. The standard InChI is InChI=1S/C24H18ClF3N2O5/c1-33-19-10-17(11-20(12-19)35-32)29-22(15-2-5-16(25)6-3-15)23(31)30-9-8-14-4-7-18(13-21(14)30)34-24(26,27)28/h2-7,10-13,32H,8-9H2,1H3/b29-22+. The third-order valence-corrected chi connectivity index (χ3v) is 5.45. The highest BCUT2D eigenvalue weighted by Crippen LogP contribution is 2.35. The highest BCUT2D eigenvalue weighted by molar-refractivity contribution is 6.50. The van der Waals surface area contributed by atoms with Gasteiger partial charge in [-0.25, -0.2) is 10.2 Å². The third kappa shape index (κ3) is 5.67. The van der Waals surface area contributed by atoms with Gasteiger partial charge in [-0.05, 0) is 30.2 Å². The van der Waals surface area contributed by atoms with Gasteiger partial charge in [-0.2, -0.15) is 0 Å². The normalized spacial score (nSPS) is 13.4. The molecule has 7 nitrogen and oxygen atoms in total. The van der Waals surface area contributed by atoms with Crippen LogP contribution in [0.2, 0.25) is 5.02 Å². The van der Waals surface area contributed by atoms with E-state index >= 15 is 0 Å². The van der Waals surface area contributed by atoms with Gasteiger partial charge in [-0.3, -0.25) is 4.79 Å². The summed E-state index contributed by atoms with van der Waals surface area (Å²) in [4.78, 5) is 23.8. The zero-order chi connectivity index (χ0) is 25.2. The van der Waals surface area contributed by atoms with Crippen molar-refractivity contribution >= 4 is 34.6 Å². The molecule has 0 radical (unpaired) electrons. The Balaban J connectivity index is 1.78. The summed E-state index contributed by atoms with van der Waals surface area (Å²) in [6.45, 7) is 0.235. The van der Waals surface area contributed by atoms with Gasteiger partial charge < -0.3 is 19.3 Å². The van der Waals surface area contributed by atoms with Crippen molar-refractivity contribution in [3.8, 4) is 17.2 Å². The minimum Gasteiger partial charge on any atom is -0.497 e. The first-order valence-corrected chi connectivity index (χ1v) is 10.6. The van der Waals surface area contributed by atoms with Crippen molar-refractivity contribution in [2.75, 3.05) is 18.6 Å². The quantitative estimate of drug-likeness (QED) is 0.259. The Hall–Kier alpha value is -3.76. The van der Waals surface area contributed by atoms with Crippen LogP contribution in [0.25, 0.3) is 0 Å². The molecule has 0 bridgehead atoms. The first kappa shape index (κ1) is 24.4. The van der Waals surface area contributed by atoms with Crippen LogP contribution < -0.4 is 19.3 Å². The van der Waals surface area contributed by atoms with E-state index in [4.69, 9.17) is 21.6 Å². The van der Waals surface area contributed by atoms with E-state index in [9.17, 15) is 18.0 Å². The summed E-state index contributed by atoms with van der Waals surface area (Å²) in [5.41, 5.74) is 1.64. The number of hydrogen-bond acceptors (Lipinski definition) is 6. The number of anilines is 1. The summed E-state index contributed by atoms with van der Waals surface area (Å²) in [7, 11) is 1.41. The molecule has 3 aromatic rings. The number of carbonyl (C=O) groups is 1. The largest absolute Gasteiger partial charge is 0.573 e. The minimum atomic E-state index is -4.86. The molecule has 11 heteroatoms. The Morgan fingerprint density at radius 3 is 2.40 bits per heavy atom. The van der Waals surface area contributed by atoms with E-state index in [2.05, 4.69) is 14.6 Å². The number of ether oxygens (including phenoxy) is 2. The molecule has 1 aliphatic heterocycles. The molecule has 0 atom stereocenters. The zero-order valence-electron chi connectivity index (χ0n) is 18.2. The lowest BCUT2D eigenvalue weighted by Crippen LogP contribution is -2.35. The highest BCUT2D eigenvalue weighted by atomic mass is 35.5. The summed E-state index contributed by atoms with van der Waals surface area (Å²) in [5, 5.41) is 9.52. The van der Waals surface area contributed by atoms with Crippen molar-refractivity contribution in [2.45, 2.75) is 12.8 Å². The minimum absolute atomic E-state index is 0.00574. The molecule has 0 saturated heterocycles. The van der Waals surface area contributed by atoms with Gasteiger partial charge in [0.05, 0.1) is 18.5 Å². The van der Waals surface area contributed by atoms with Gasteiger partial charge in [0, 0.05) is 41.4 Å². The Bertz CT molecular complexity index is 1260. The van der Waals surface area contributed by atoms with Crippen LogP contribution in [-0.2, 0) is 11.2 Å². The number of methoxy groups -OCH3 is 1. The van der Waals surface area contributed by atoms with Crippen LogP contribution in [0.4, 0.5) is 24.5 Å². The lowest BCUT2D eigenvalue weighted by molar-refractivity contribution is -0.274. The van der Waals surface area contributed by atoms with Crippen molar-refractivity contribution in [3.63, 3.8) is 0 Å². The van der Waals surface area contributed by atoms with E-state index in [1.807, 2.05) is 0 Å². The molecule has 1 amide bonds. The number of halogens is 4. The van der Waals surface area contributed by atoms with Gasteiger partial charge in [0.15, 0.2) is 5.75 Å². The fourth-order valence-corrected chi connectivity index (χ4v) is 3.79. The number of fused-ring (bicyclic) bond motifs is 1. The summed E-state index contributed by atoms with van der Waals surface area (Å²) >= 11 is 6.00. The van der Waals surface area contributed by atoms with E-state index in [-0.39, 0.29) is 23.7 Å². The lowest BCUT2D eigenvalue weighted by atomic mass is 10.1. The van der Waals surface area contributed by atoms with Gasteiger partial charge in [0.1, 0.15) is 17.2 Å². The first-order chi connectivity index (χ1) is 16.7. The molecular formula is C24H18ClF3N2O5. The molecule has 0 saturated carbocycles. The van der Waals surface area contributed by atoms with Gasteiger partial charge >= 0.3 is 6.36 Å². The van der Waals surface area contributed by atoms with E-state index in [1.54, 1.807) is 24.3 Å². The predicted octanol–water partition coefficient (Wildman–Crippen LogP) is 5.81. The van der Waals surface area contributed by atoms with E-state index in [0.29, 0.717) is 34.0 Å². The topological polar surface area (TPSA) is 80.6 Å². The number of rotatable bonds is 6. The second-order valence-corrected chi connectivity index (χ2v) is 7.91. The van der Waals surface area contributed by atoms with Crippen molar-refractivity contribution in [3.05, 3.63) is 76.8 Å². The van der Waals surface area contributed by atoms with E-state index < -0.39 is 18.0 Å². The summed E-state index contributed by atoms with van der Waals surface area (Å²) in [6, 6.07) is 14.6. The molecule has 0 spiro atoms. The second kappa shape index (κ2) is 9.85. The third-order valence-electron chi connectivity index (χ3n) is 5.20. The van der Waals surface area contributed by atoms with Crippen LogP contribution in [0.3, 0.4) is 0 Å². The molecule has 1 heterocycles. The monoisotopic (exact) mass is 506 g/mol. The summed E-state index contributed by atoms with van der Waals surface area (Å²) < 4.78 is 47.4. The van der Waals surface area contributed by atoms with E-state index in [1.165, 1.54) is 48.4 Å². The molecule has 182 valence electrons. The molecule has 4 rings (SSSR count). The van der Waals surface area contributed by atoms with Crippen molar-refractivity contribution < 1.29 is 37.6 Å².